The van der Waals surface area contributed by atoms with E-state index in [1.807, 2.05) is 60.7 Å². The predicted molar refractivity (Wildman–Crippen MR) is 153 cm³/mol. The summed E-state index contributed by atoms with van der Waals surface area (Å²) in [4.78, 5) is 19.6. The zero-order valence-electron chi connectivity index (χ0n) is 20.7. The van der Waals surface area contributed by atoms with E-state index in [-0.39, 0.29) is 11.0 Å². The topological polar surface area (TPSA) is 59.3 Å². The summed E-state index contributed by atoms with van der Waals surface area (Å²) in [7, 11) is 0. The third-order valence-corrected chi connectivity index (χ3v) is 8.27. The molecule has 1 N–H and O–H groups in total. The van der Waals surface area contributed by atoms with Gasteiger partial charge >= 0.3 is 0 Å². The molecular formula is C31H29BrN4O. The summed E-state index contributed by atoms with van der Waals surface area (Å²) >= 11 is 3.47. The van der Waals surface area contributed by atoms with E-state index in [0.29, 0.717) is 12.5 Å². The lowest BCUT2D eigenvalue weighted by molar-refractivity contribution is 0.283. The number of nitrogens with one attached hydrogen (secondary N) is 1. The molecule has 0 atom stereocenters. The van der Waals surface area contributed by atoms with Crippen molar-refractivity contribution in [3.8, 4) is 11.3 Å². The van der Waals surface area contributed by atoms with Crippen molar-refractivity contribution in [3.63, 3.8) is 0 Å². The van der Waals surface area contributed by atoms with Crippen LogP contribution in [0, 0.1) is 0 Å². The van der Waals surface area contributed by atoms with Crippen molar-refractivity contribution < 1.29 is 0 Å². The fraction of sp³-hybridized carbons (Fsp3) is 0.258. The molecule has 0 aliphatic heterocycles. The number of anilines is 1. The van der Waals surface area contributed by atoms with Gasteiger partial charge in [-0.1, -0.05) is 102 Å². The van der Waals surface area contributed by atoms with Crippen molar-refractivity contribution in [3.05, 3.63) is 116 Å². The maximum absolute atomic E-state index is 14.4. The lowest BCUT2D eigenvalue weighted by Gasteiger charge is -2.42. The second-order valence-electron chi connectivity index (χ2n) is 10.1. The molecule has 186 valence electrons. The molecule has 4 aromatic rings. The average Bonchev–Trinajstić information content (AvgIpc) is 2.92. The lowest BCUT2D eigenvalue weighted by atomic mass is 9.62. The Balaban J connectivity index is 1.50. The number of hydrazone groups is 1. The summed E-state index contributed by atoms with van der Waals surface area (Å²) in [5.41, 5.74) is 9.09. The quantitative estimate of drug-likeness (QED) is 0.216. The maximum atomic E-state index is 14.4. The maximum Gasteiger partial charge on any atom is 0.259 e. The van der Waals surface area contributed by atoms with Crippen LogP contribution < -0.4 is 11.0 Å². The van der Waals surface area contributed by atoms with Gasteiger partial charge in [0.1, 0.15) is 0 Å². The smallest absolute Gasteiger partial charge is 0.259 e. The number of nitrogens with zero attached hydrogens (tertiary/aromatic N) is 3. The predicted octanol–water partition coefficient (Wildman–Crippen LogP) is 6.93. The summed E-state index contributed by atoms with van der Waals surface area (Å²) < 4.78 is 2.79. The van der Waals surface area contributed by atoms with Gasteiger partial charge in [-0.05, 0) is 48.1 Å². The zero-order chi connectivity index (χ0) is 25.2. The van der Waals surface area contributed by atoms with Crippen molar-refractivity contribution in [2.75, 3.05) is 5.43 Å². The van der Waals surface area contributed by atoms with Crippen LogP contribution in [0.2, 0.25) is 0 Å². The number of benzene rings is 3. The fourth-order valence-electron chi connectivity index (χ4n) is 5.95. The Morgan fingerprint density at radius 3 is 2.46 bits per heavy atom. The third-order valence-electron chi connectivity index (χ3n) is 7.74. The largest absolute Gasteiger partial charge is 0.273 e. The van der Waals surface area contributed by atoms with Crippen molar-refractivity contribution in [1.29, 1.82) is 0 Å². The summed E-state index contributed by atoms with van der Waals surface area (Å²) in [5.74, 6) is 0.462. The molecule has 0 radical (unpaired) electrons. The highest BCUT2D eigenvalue weighted by Crippen LogP contribution is 2.48. The van der Waals surface area contributed by atoms with Gasteiger partial charge in [-0.25, -0.2) is 10.4 Å². The molecule has 1 aromatic heterocycles. The molecule has 3 aromatic carbocycles. The van der Waals surface area contributed by atoms with Crippen LogP contribution in [0.25, 0.3) is 11.3 Å². The molecular weight excluding hydrogens is 524 g/mol. The van der Waals surface area contributed by atoms with Gasteiger partial charge in [0.25, 0.3) is 5.56 Å². The van der Waals surface area contributed by atoms with Crippen molar-refractivity contribution >= 4 is 28.1 Å². The van der Waals surface area contributed by atoms with Gasteiger partial charge in [-0.3, -0.25) is 9.36 Å². The number of hydrogen-bond donors (Lipinski definition) is 1. The van der Waals surface area contributed by atoms with Crippen LogP contribution in [0.4, 0.5) is 5.95 Å². The Labute approximate surface area is 225 Å². The first-order valence-electron chi connectivity index (χ1n) is 13.0. The van der Waals surface area contributed by atoms with E-state index in [4.69, 9.17) is 4.98 Å². The van der Waals surface area contributed by atoms with Crippen LogP contribution in [0.3, 0.4) is 0 Å². The minimum Gasteiger partial charge on any atom is -0.273 e. The molecule has 6 rings (SSSR count). The van der Waals surface area contributed by atoms with Gasteiger partial charge in [0.2, 0.25) is 5.95 Å². The zero-order valence-corrected chi connectivity index (χ0v) is 22.2. The number of rotatable bonds is 5. The fourth-order valence-corrected chi connectivity index (χ4v) is 6.22. The van der Waals surface area contributed by atoms with Gasteiger partial charge in [-0.15, -0.1) is 0 Å². The molecule has 2 aliphatic carbocycles. The van der Waals surface area contributed by atoms with E-state index < -0.39 is 0 Å². The van der Waals surface area contributed by atoms with Gasteiger partial charge in [0.05, 0.1) is 24.0 Å². The Hall–Kier alpha value is -3.51. The van der Waals surface area contributed by atoms with Gasteiger partial charge in [-0.2, -0.15) is 5.10 Å². The average molecular weight is 554 g/mol. The summed E-state index contributed by atoms with van der Waals surface area (Å²) in [5, 5.41) is 4.48. The number of fused-ring (bicyclic) bond motifs is 4. The van der Waals surface area contributed by atoms with Crippen molar-refractivity contribution in [2.45, 2.75) is 50.5 Å². The molecule has 0 bridgehead atoms. The normalized spacial score (nSPS) is 15.9. The molecule has 1 fully saturated rings. The van der Waals surface area contributed by atoms with E-state index in [9.17, 15) is 4.79 Å². The molecule has 37 heavy (non-hydrogen) atoms. The van der Waals surface area contributed by atoms with Crippen LogP contribution in [0.15, 0.2) is 93.2 Å². The first kappa shape index (κ1) is 23.9. The highest BCUT2D eigenvalue weighted by Gasteiger charge is 2.43. The van der Waals surface area contributed by atoms with Crippen LogP contribution in [-0.2, 0) is 18.4 Å². The lowest BCUT2D eigenvalue weighted by Crippen LogP contribution is -2.43. The molecule has 0 unspecified atom stereocenters. The van der Waals surface area contributed by atoms with E-state index in [2.05, 4.69) is 44.7 Å². The second-order valence-corrected chi connectivity index (χ2v) is 11.0. The van der Waals surface area contributed by atoms with Crippen molar-refractivity contribution in [1.82, 2.24) is 9.55 Å². The standard InChI is InChI=1S/C31H29BrN4O/c32-25-15-13-22(14-16-25)20-33-35-30-34-28-26-12-6-5-11-24(26)19-31(17-7-2-8-18-31)27(28)29(37)36(30)21-23-9-3-1-4-10-23/h1,3-6,9-16,20H,2,7-8,17-19,21H2,(H,34,35). The van der Waals surface area contributed by atoms with Crippen LogP contribution >= 0.6 is 15.9 Å². The van der Waals surface area contributed by atoms with E-state index in [1.54, 1.807) is 10.8 Å². The Morgan fingerprint density at radius 1 is 0.946 bits per heavy atom. The molecule has 5 nitrogen and oxygen atoms in total. The summed E-state index contributed by atoms with van der Waals surface area (Å²) in [6.07, 6.45) is 8.26. The summed E-state index contributed by atoms with van der Waals surface area (Å²) in [6, 6.07) is 26.5. The van der Waals surface area contributed by atoms with Crippen LogP contribution in [0.1, 0.15) is 54.4 Å². The summed E-state index contributed by atoms with van der Waals surface area (Å²) in [6.45, 7) is 0.438. The van der Waals surface area contributed by atoms with Crippen molar-refractivity contribution in [2.24, 2.45) is 5.10 Å². The molecule has 2 aliphatic rings. The van der Waals surface area contributed by atoms with E-state index in [1.165, 1.54) is 12.0 Å². The highest BCUT2D eigenvalue weighted by atomic mass is 79.9. The Morgan fingerprint density at radius 2 is 1.68 bits per heavy atom. The number of halogens is 1. The molecule has 0 amide bonds. The van der Waals surface area contributed by atoms with E-state index in [0.717, 1.165) is 64.5 Å². The van der Waals surface area contributed by atoms with Crippen LogP contribution in [0.5, 0.6) is 0 Å². The Kier molecular flexibility index (Phi) is 6.51. The van der Waals surface area contributed by atoms with Gasteiger partial charge in [0.15, 0.2) is 0 Å². The molecule has 1 heterocycles. The van der Waals surface area contributed by atoms with E-state index >= 15 is 0 Å². The first-order chi connectivity index (χ1) is 18.1. The minimum absolute atomic E-state index is 0.0478. The molecule has 0 saturated heterocycles. The SMILES string of the molecule is O=c1c2c(nc(NN=Cc3ccc(Br)cc3)n1Cc1ccccc1)-c1ccccc1CC21CCCCC1. The number of hydrogen-bond acceptors (Lipinski definition) is 4. The van der Waals surface area contributed by atoms with Crippen LogP contribution in [-0.4, -0.2) is 15.8 Å². The highest BCUT2D eigenvalue weighted by molar-refractivity contribution is 9.10. The number of aromatic nitrogens is 2. The first-order valence-corrected chi connectivity index (χ1v) is 13.7. The molecule has 1 saturated carbocycles. The van der Waals surface area contributed by atoms with Gasteiger partial charge < -0.3 is 0 Å². The monoisotopic (exact) mass is 552 g/mol. The Bertz CT molecular complexity index is 1500. The van der Waals surface area contributed by atoms with Gasteiger partial charge in [0, 0.05) is 15.5 Å². The molecule has 1 spiro atoms. The third kappa shape index (κ3) is 4.66. The minimum atomic E-state index is -0.149. The second kappa shape index (κ2) is 10.1. The molecule has 6 heteroatoms.